The van der Waals surface area contributed by atoms with Crippen LogP contribution in [0, 0.1) is 23.6 Å². The molecule has 1 fully saturated rings. The van der Waals surface area contributed by atoms with Gasteiger partial charge in [-0.3, -0.25) is 0 Å². The molecule has 3 rings (SSSR count). The van der Waals surface area contributed by atoms with Gasteiger partial charge in [0.2, 0.25) is 0 Å². The monoisotopic (exact) mass is 265 g/mol. The number of benzene rings is 1. The highest BCUT2D eigenvalue weighted by Crippen LogP contribution is 2.43. The topological polar surface area (TPSA) is 62.0 Å². The summed E-state index contributed by atoms with van der Waals surface area (Å²) in [5.41, 5.74) is 1.56. The van der Waals surface area contributed by atoms with E-state index in [-0.39, 0.29) is 42.9 Å². The van der Waals surface area contributed by atoms with Gasteiger partial charge in [0.15, 0.2) is 0 Å². The normalized spacial score (nSPS) is 32.9. The van der Waals surface area contributed by atoms with Crippen molar-refractivity contribution in [3.05, 3.63) is 35.6 Å². The Morgan fingerprint density at radius 2 is 1.84 bits per heavy atom. The molecule has 4 atom stereocenters. The van der Waals surface area contributed by atoms with E-state index in [1.54, 1.807) is 12.1 Å². The van der Waals surface area contributed by atoms with Crippen molar-refractivity contribution in [2.24, 2.45) is 22.9 Å². The molecule has 1 aromatic rings. The van der Waals surface area contributed by atoms with Gasteiger partial charge in [0.25, 0.3) is 0 Å². The first-order valence-electron chi connectivity index (χ1n) is 6.46. The van der Waals surface area contributed by atoms with E-state index >= 15 is 0 Å². The molecule has 4 nitrogen and oxygen atoms in total. The number of fused-ring (bicyclic) bond motifs is 1. The molecule has 1 saturated carbocycles. The molecule has 1 aromatic carbocycles. The maximum atomic E-state index is 13.0. The van der Waals surface area contributed by atoms with E-state index < -0.39 is 0 Å². The zero-order valence-electron chi connectivity index (χ0n) is 10.4. The zero-order valence-corrected chi connectivity index (χ0v) is 10.4. The SMILES string of the molecule is OC[C@@H]1C[C@H](CO)[C@@H]2C(c3ccc(F)cc3)=NO[C@H]12. The molecule has 1 aliphatic carbocycles. The Labute approximate surface area is 110 Å². The lowest BCUT2D eigenvalue weighted by Crippen LogP contribution is -2.28. The molecule has 0 saturated heterocycles. The summed E-state index contributed by atoms with van der Waals surface area (Å²) in [5, 5.41) is 22.9. The fourth-order valence-corrected chi connectivity index (χ4v) is 3.17. The van der Waals surface area contributed by atoms with Crippen molar-refractivity contribution in [3.63, 3.8) is 0 Å². The number of hydrogen-bond donors (Lipinski definition) is 2. The van der Waals surface area contributed by atoms with Crippen molar-refractivity contribution in [2.75, 3.05) is 13.2 Å². The first kappa shape index (κ1) is 12.6. The Hall–Kier alpha value is -1.46. The van der Waals surface area contributed by atoms with Gasteiger partial charge in [-0.25, -0.2) is 4.39 Å². The summed E-state index contributed by atoms with van der Waals surface area (Å²) in [4.78, 5) is 5.43. The highest BCUT2D eigenvalue weighted by atomic mass is 19.1. The van der Waals surface area contributed by atoms with Gasteiger partial charge >= 0.3 is 0 Å². The molecule has 0 unspecified atom stereocenters. The second-order valence-electron chi connectivity index (χ2n) is 5.20. The van der Waals surface area contributed by atoms with Crippen molar-refractivity contribution >= 4 is 5.71 Å². The van der Waals surface area contributed by atoms with Crippen molar-refractivity contribution in [1.29, 1.82) is 0 Å². The lowest BCUT2D eigenvalue weighted by atomic mass is 9.87. The average Bonchev–Trinajstić information content (AvgIpc) is 2.99. The molecular weight excluding hydrogens is 249 g/mol. The molecule has 2 aliphatic rings. The van der Waals surface area contributed by atoms with Gasteiger partial charge in [-0.05, 0) is 30.0 Å². The molecule has 0 spiro atoms. The van der Waals surface area contributed by atoms with Gasteiger partial charge in [0.1, 0.15) is 11.9 Å². The Morgan fingerprint density at radius 1 is 1.16 bits per heavy atom. The third kappa shape index (κ3) is 2.03. The van der Waals surface area contributed by atoms with Crippen molar-refractivity contribution in [1.82, 2.24) is 0 Å². The molecule has 102 valence electrons. The quantitative estimate of drug-likeness (QED) is 0.862. The smallest absolute Gasteiger partial charge is 0.141 e. The second-order valence-corrected chi connectivity index (χ2v) is 5.20. The molecule has 0 bridgehead atoms. The minimum Gasteiger partial charge on any atom is -0.396 e. The number of halogens is 1. The summed E-state index contributed by atoms with van der Waals surface area (Å²) >= 11 is 0. The van der Waals surface area contributed by atoms with Crippen LogP contribution in [0.15, 0.2) is 29.4 Å². The average molecular weight is 265 g/mol. The predicted octanol–water partition coefficient (Wildman–Crippen LogP) is 1.17. The van der Waals surface area contributed by atoms with E-state index in [2.05, 4.69) is 5.16 Å². The van der Waals surface area contributed by atoms with E-state index in [0.717, 1.165) is 17.7 Å². The highest BCUT2D eigenvalue weighted by molar-refractivity contribution is 6.03. The predicted molar refractivity (Wildman–Crippen MR) is 67.1 cm³/mol. The van der Waals surface area contributed by atoms with Crippen LogP contribution in [0.5, 0.6) is 0 Å². The molecule has 19 heavy (non-hydrogen) atoms. The standard InChI is InChI=1S/C14H16FNO3/c15-11-3-1-8(2-4-11)13-12-9(6-17)5-10(7-18)14(12)19-16-13/h1-4,9-10,12,14,17-18H,5-7H2/t9-,10+,12-,14-/m1/s1. The van der Waals surface area contributed by atoms with Gasteiger partial charge in [-0.1, -0.05) is 17.3 Å². The molecule has 2 N–H and O–H groups in total. The van der Waals surface area contributed by atoms with Crippen molar-refractivity contribution in [2.45, 2.75) is 12.5 Å². The summed E-state index contributed by atoms with van der Waals surface area (Å²) in [7, 11) is 0. The zero-order chi connectivity index (χ0) is 13.4. The van der Waals surface area contributed by atoms with Crippen molar-refractivity contribution in [3.8, 4) is 0 Å². The molecule has 1 heterocycles. The highest BCUT2D eigenvalue weighted by Gasteiger charge is 2.50. The van der Waals surface area contributed by atoms with E-state index in [0.29, 0.717) is 0 Å². The van der Waals surface area contributed by atoms with E-state index in [1.165, 1.54) is 12.1 Å². The minimum atomic E-state index is -0.293. The largest absolute Gasteiger partial charge is 0.396 e. The summed E-state index contributed by atoms with van der Waals surface area (Å²) in [6.07, 6.45) is 0.546. The van der Waals surface area contributed by atoms with E-state index in [4.69, 9.17) is 4.84 Å². The van der Waals surface area contributed by atoms with Crippen LogP contribution in [0.25, 0.3) is 0 Å². The number of oxime groups is 1. The van der Waals surface area contributed by atoms with Crippen LogP contribution < -0.4 is 0 Å². The second kappa shape index (κ2) is 4.90. The van der Waals surface area contributed by atoms with Crippen LogP contribution in [-0.4, -0.2) is 35.2 Å². The lowest BCUT2D eigenvalue weighted by Gasteiger charge is -2.16. The maximum absolute atomic E-state index is 13.0. The van der Waals surface area contributed by atoms with Crippen LogP contribution in [0.1, 0.15) is 12.0 Å². The summed E-state index contributed by atoms with van der Waals surface area (Å²) < 4.78 is 13.0. The van der Waals surface area contributed by atoms with Gasteiger partial charge < -0.3 is 15.1 Å². The van der Waals surface area contributed by atoms with Gasteiger partial charge in [-0.2, -0.15) is 0 Å². The van der Waals surface area contributed by atoms with E-state index in [1.807, 2.05) is 0 Å². The third-order valence-corrected chi connectivity index (χ3v) is 4.13. The van der Waals surface area contributed by atoms with Gasteiger partial charge in [0, 0.05) is 19.1 Å². The number of hydrogen-bond acceptors (Lipinski definition) is 4. The molecule has 5 heteroatoms. The summed E-state index contributed by atoms with van der Waals surface area (Å²) in [6.45, 7) is 0.0745. The number of aliphatic hydroxyl groups is 2. The van der Waals surface area contributed by atoms with Gasteiger partial charge in [0.05, 0.1) is 11.6 Å². The van der Waals surface area contributed by atoms with Crippen LogP contribution in [0.2, 0.25) is 0 Å². The number of nitrogens with zero attached hydrogens (tertiary/aromatic N) is 1. The molecule has 1 aliphatic heterocycles. The van der Waals surface area contributed by atoms with Crippen LogP contribution in [0.4, 0.5) is 4.39 Å². The van der Waals surface area contributed by atoms with Crippen molar-refractivity contribution < 1.29 is 19.4 Å². The Bertz CT molecular complexity index is 488. The van der Waals surface area contributed by atoms with Crippen LogP contribution >= 0.6 is 0 Å². The van der Waals surface area contributed by atoms with Gasteiger partial charge in [-0.15, -0.1) is 0 Å². The molecular formula is C14H16FNO3. The maximum Gasteiger partial charge on any atom is 0.141 e. The Kier molecular flexibility index (Phi) is 3.24. The number of rotatable bonds is 3. The molecule has 0 aromatic heterocycles. The lowest BCUT2D eigenvalue weighted by molar-refractivity contribution is 0.0198. The third-order valence-electron chi connectivity index (χ3n) is 4.13. The van der Waals surface area contributed by atoms with E-state index in [9.17, 15) is 14.6 Å². The van der Waals surface area contributed by atoms with Crippen LogP contribution in [0.3, 0.4) is 0 Å². The fraction of sp³-hybridized carbons (Fsp3) is 0.500. The Morgan fingerprint density at radius 3 is 2.47 bits per heavy atom. The molecule has 0 radical (unpaired) electrons. The number of aliphatic hydroxyl groups excluding tert-OH is 2. The summed E-state index contributed by atoms with van der Waals surface area (Å²) in [6, 6.07) is 6.11. The van der Waals surface area contributed by atoms with Crippen LogP contribution in [-0.2, 0) is 4.84 Å². The summed E-state index contributed by atoms with van der Waals surface area (Å²) in [5.74, 6) is -0.275. The molecule has 0 amide bonds. The Balaban J connectivity index is 1.90. The first-order chi connectivity index (χ1) is 9.24. The first-order valence-corrected chi connectivity index (χ1v) is 6.46. The minimum absolute atomic E-state index is 0.00356. The fourth-order valence-electron chi connectivity index (χ4n) is 3.17.